The predicted octanol–water partition coefficient (Wildman–Crippen LogP) is 4.43. The lowest BCUT2D eigenvalue weighted by atomic mass is 10.1. The van der Waals surface area contributed by atoms with E-state index in [1.54, 1.807) is 16.9 Å². The van der Waals surface area contributed by atoms with E-state index < -0.39 is 11.7 Å². The van der Waals surface area contributed by atoms with Crippen molar-refractivity contribution in [3.8, 4) is 6.07 Å². The van der Waals surface area contributed by atoms with E-state index >= 15 is 0 Å². The average molecular weight is 356 g/mol. The van der Waals surface area contributed by atoms with E-state index in [2.05, 4.69) is 10.4 Å². The van der Waals surface area contributed by atoms with Gasteiger partial charge in [-0.05, 0) is 23.8 Å². The SMILES string of the molecule is N#Cc1cc(C(F)(F)F)ccc1NCc1cnn(Cc2ccccc2)c1. The molecule has 0 fully saturated rings. The maximum atomic E-state index is 12.7. The lowest BCUT2D eigenvalue weighted by Crippen LogP contribution is -2.07. The van der Waals surface area contributed by atoms with Crippen LogP contribution in [-0.2, 0) is 19.3 Å². The molecule has 0 bridgehead atoms. The fourth-order valence-corrected chi connectivity index (χ4v) is 2.52. The summed E-state index contributed by atoms with van der Waals surface area (Å²) in [4.78, 5) is 0. The Morgan fingerprint density at radius 1 is 1.08 bits per heavy atom. The smallest absolute Gasteiger partial charge is 0.380 e. The number of anilines is 1. The molecule has 1 N–H and O–H groups in total. The zero-order chi connectivity index (χ0) is 18.6. The van der Waals surface area contributed by atoms with Gasteiger partial charge in [0.1, 0.15) is 6.07 Å². The number of nitriles is 1. The minimum Gasteiger partial charge on any atom is -0.380 e. The van der Waals surface area contributed by atoms with Crippen LogP contribution in [-0.4, -0.2) is 9.78 Å². The van der Waals surface area contributed by atoms with Gasteiger partial charge in [-0.15, -0.1) is 0 Å². The molecule has 132 valence electrons. The summed E-state index contributed by atoms with van der Waals surface area (Å²) in [6.07, 6.45) is -0.926. The van der Waals surface area contributed by atoms with Gasteiger partial charge in [0.15, 0.2) is 0 Å². The summed E-state index contributed by atoms with van der Waals surface area (Å²) in [6, 6.07) is 14.7. The van der Waals surface area contributed by atoms with Gasteiger partial charge in [-0.1, -0.05) is 30.3 Å². The van der Waals surface area contributed by atoms with Gasteiger partial charge in [0, 0.05) is 18.3 Å². The molecule has 0 radical (unpaired) electrons. The van der Waals surface area contributed by atoms with Crippen LogP contribution in [0.5, 0.6) is 0 Å². The fourth-order valence-electron chi connectivity index (χ4n) is 2.52. The third-order valence-corrected chi connectivity index (χ3v) is 3.82. The Balaban J connectivity index is 1.67. The van der Waals surface area contributed by atoms with Gasteiger partial charge in [-0.3, -0.25) is 4.68 Å². The molecule has 0 atom stereocenters. The van der Waals surface area contributed by atoms with Crippen molar-refractivity contribution in [1.82, 2.24) is 9.78 Å². The molecule has 26 heavy (non-hydrogen) atoms. The van der Waals surface area contributed by atoms with Crippen molar-refractivity contribution in [1.29, 1.82) is 5.26 Å². The first-order chi connectivity index (χ1) is 12.5. The highest BCUT2D eigenvalue weighted by Crippen LogP contribution is 2.31. The highest BCUT2D eigenvalue weighted by atomic mass is 19.4. The second kappa shape index (κ2) is 7.31. The van der Waals surface area contributed by atoms with Crippen molar-refractivity contribution in [2.45, 2.75) is 19.3 Å². The molecule has 0 aliphatic rings. The lowest BCUT2D eigenvalue weighted by Gasteiger charge is -2.11. The van der Waals surface area contributed by atoms with Crippen LogP contribution >= 0.6 is 0 Å². The first-order valence-corrected chi connectivity index (χ1v) is 7.86. The molecule has 0 aliphatic carbocycles. The Morgan fingerprint density at radius 3 is 2.54 bits per heavy atom. The largest absolute Gasteiger partial charge is 0.416 e. The van der Waals surface area contributed by atoms with E-state index in [9.17, 15) is 13.2 Å². The van der Waals surface area contributed by atoms with E-state index in [4.69, 9.17) is 5.26 Å². The quantitative estimate of drug-likeness (QED) is 0.736. The Kier molecular flexibility index (Phi) is 4.94. The first-order valence-electron chi connectivity index (χ1n) is 7.86. The highest BCUT2D eigenvalue weighted by molar-refractivity contribution is 5.59. The van der Waals surface area contributed by atoms with Gasteiger partial charge in [0.2, 0.25) is 0 Å². The average Bonchev–Trinajstić information content (AvgIpc) is 3.07. The second-order valence-electron chi connectivity index (χ2n) is 5.76. The Morgan fingerprint density at radius 2 is 1.85 bits per heavy atom. The summed E-state index contributed by atoms with van der Waals surface area (Å²) in [6.45, 7) is 0.986. The molecular weight excluding hydrogens is 341 g/mol. The molecule has 4 nitrogen and oxygen atoms in total. The third kappa shape index (κ3) is 4.22. The number of hydrogen-bond donors (Lipinski definition) is 1. The number of rotatable bonds is 5. The van der Waals surface area contributed by atoms with Crippen molar-refractivity contribution in [2.75, 3.05) is 5.32 Å². The summed E-state index contributed by atoms with van der Waals surface area (Å²) < 4.78 is 40.0. The van der Waals surface area contributed by atoms with Crippen LogP contribution in [0.3, 0.4) is 0 Å². The zero-order valence-corrected chi connectivity index (χ0v) is 13.7. The van der Waals surface area contributed by atoms with Gasteiger partial charge >= 0.3 is 6.18 Å². The molecule has 3 aromatic rings. The molecule has 0 unspecified atom stereocenters. The van der Waals surface area contributed by atoms with Crippen LogP contribution in [0.4, 0.5) is 18.9 Å². The highest BCUT2D eigenvalue weighted by Gasteiger charge is 2.31. The van der Waals surface area contributed by atoms with Crippen molar-refractivity contribution >= 4 is 5.69 Å². The van der Waals surface area contributed by atoms with Crippen molar-refractivity contribution in [3.63, 3.8) is 0 Å². The van der Waals surface area contributed by atoms with Crippen molar-refractivity contribution < 1.29 is 13.2 Å². The Hall–Kier alpha value is -3.27. The molecule has 0 saturated heterocycles. The number of nitrogens with zero attached hydrogens (tertiary/aromatic N) is 3. The van der Waals surface area contributed by atoms with Crippen molar-refractivity contribution in [3.05, 3.63) is 83.2 Å². The molecule has 3 rings (SSSR count). The van der Waals surface area contributed by atoms with E-state index in [0.29, 0.717) is 18.8 Å². The molecule has 1 aromatic heterocycles. The number of nitrogens with one attached hydrogen (secondary N) is 1. The number of halogens is 3. The summed E-state index contributed by atoms with van der Waals surface area (Å²) in [5.41, 5.74) is 1.46. The standard InChI is InChI=1S/C19H15F3N4/c20-19(21,22)17-6-7-18(16(8-17)9-23)24-10-15-11-25-26(13-15)12-14-4-2-1-3-5-14/h1-8,11,13,24H,10,12H2. The van der Waals surface area contributed by atoms with Gasteiger partial charge in [0.25, 0.3) is 0 Å². The molecule has 1 heterocycles. The van der Waals surface area contributed by atoms with Gasteiger partial charge in [-0.2, -0.15) is 23.5 Å². The second-order valence-corrected chi connectivity index (χ2v) is 5.76. The van der Waals surface area contributed by atoms with Gasteiger partial charge in [0.05, 0.1) is 29.6 Å². The van der Waals surface area contributed by atoms with Gasteiger partial charge in [-0.25, -0.2) is 0 Å². The monoisotopic (exact) mass is 356 g/mol. The molecule has 7 heteroatoms. The molecule has 0 spiro atoms. The number of hydrogen-bond acceptors (Lipinski definition) is 3. The van der Waals surface area contributed by atoms with E-state index in [1.807, 2.05) is 36.5 Å². The maximum absolute atomic E-state index is 12.7. The normalized spacial score (nSPS) is 11.2. The summed E-state index contributed by atoms with van der Waals surface area (Å²) in [7, 11) is 0. The van der Waals surface area contributed by atoms with Gasteiger partial charge < -0.3 is 5.32 Å². The number of aromatic nitrogens is 2. The van der Waals surface area contributed by atoms with Crippen LogP contribution in [0.2, 0.25) is 0 Å². The van der Waals surface area contributed by atoms with Crippen LogP contribution in [0.15, 0.2) is 60.9 Å². The predicted molar refractivity (Wildman–Crippen MR) is 91.3 cm³/mol. The summed E-state index contributed by atoms with van der Waals surface area (Å²) >= 11 is 0. The lowest BCUT2D eigenvalue weighted by molar-refractivity contribution is -0.137. The number of benzene rings is 2. The van der Waals surface area contributed by atoms with E-state index in [1.165, 1.54) is 6.07 Å². The maximum Gasteiger partial charge on any atom is 0.416 e. The summed E-state index contributed by atoms with van der Waals surface area (Å²) in [5.74, 6) is 0. The van der Waals surface area contributed by atoms with Crippen LogP contribution in [0.25, 0.3) is 0 Å². The summed E-state index contributed by atoms with van der Waals surface area (Å²) in [5, 5.41) is 16.4. The molecule has 0 aliphatic heterocycles. The van der Waals surface area contributed by atoms with E-state index in [0.717, 1.165) is 23.3 Å². The zero-order valence-electron chi connectivity index (χ0n) is 13.7. The van der Waals surface area contributed by atoms with Crippen LogP contribution in [0, 0.1) is 11.3 Å². The molecule has 2 aromatic carbocycles. The minimum absolute atomic E-state index is 0.0449. The molecule has 0 saturated carbocycles. The van der Waals surface area contributed by atoms with E-state index in [-0.39, 0.29) is 5.56 Å². The Labute approximate surface area is 148 Å². The molecular formula is C19H15F3N4. The van der Waals surface area contributed by atoms with Crippen molar-refractivity contribution in [2.24, 2.45) is 0 Å². The minimum atomic E-state index is -4.47. The van der Waals surface area contributed by atoms with Crippen LogP contribution in [0.1, 0.15) is 22.3 Å². The first kappa shape index (κ1) is 17.5. The number of alkyl halides is 3. The molecule has 0 amide bonds. The third-order valence-electron chi connectivity index (χ3n) is 3.82. The van der Waals surface area contributed by atoms with Crippen LogP contribution < -0.4 is 5.32 Å². The Bertz CT molecular complexity index is 924. The fraction of sp³-hybridized carbons (Fsp3) is 0.158. The topological polar surface area (TPSA) is 53.6 Å².